The van der Waals surface area contributed by atoms with E-state index in [1.165, 1.54) is 5.56 Å². The van der Waals surface area contributed by atoms with Crippen molar-refractivity contribution in [2.24, 2.45) is 0 Å². The van der Waals surface area contributed by atoms with Gasteiger partial charge in [0.1, 0.15) is 5.75 Å². The van der Waals surface area contributed by atoms with Crippen LogP contribution in [-0.4, -0.2) is 60.2 Å². The average molecular weight is 326 g/mol. The van der Waals surface area contributed by atoms with Crippen molar-refractivity contribution in [3.05, 3.63) is 28.8 Å². The van der Waals surface area contributed by atoms with Crippen LogP contribution in [0.2, 0.25) is 5.02 Å². The van der Waals surface area contributed by atoms with Crippen molar-refractivity contribution in [1.82, 2.24) is 15.1 Å². The molecule has 5 heteroatoms. The van der Waals surface area contributed by atoms with Gasteiger partial charge in [0, 0.05) is 38.3 Å². The number of piperazine rings is 1. The Balaban J connectivity index is 2.25. The quantitative estimate of drug-likeness (QED) is 0.843. The molecule has 1 aromatic rings. The molecule has 0 amide bonds. The van der Waals surface area contributed by atoms with Crippen LogP contribution >= 0.6 is 11.6 Å². The average Bonchev–Trinajstić information content (AvgIpc) is 2.51. The third kappa shape index (κ3) is 4.35. The minimum Gasteiger partial charge on any atom is -0.506 e. The molecule has 0 radical (unpaired) electrons. The van der Waals surface area contributed by atoms with E-state index in [1.807, 2.05) is 12.1 Å². The summed E-state index contributed by atoms with van der Waals surface area (Å²) in [5.74, 6) is 0.153. The molecule has 0 spiro atoms. The van der Waals surface area contributed by atoms with Crippen LogP contribution < -0.4 is 5.32 Å². The smallest absolute Gasteiger partial charge is 0.134 e. The van der Waals surface area contributed by atoms with Gasteiger partial charge in [0.25, 0.3) is 0 Å². The number of phenols is 1. The van der Waals surface area contributed by atoms with E-state index in [2.05, 4.69) is 35.9 Å². The summed E-state index contributed by atoms with van der Waals surface area (Å²) < 4.78 is 0. The molecule has 0 aromatic heterocycles. The van der Waals surface area contributed by atoms with E-state index in [0.717, 1.165) is 39.3 Å². The highest BCUT2D eigenvalue weighted by Gasteiger charge is 2.26. The first kappa shape index (κ1) is 17.5. The van der Waals surface area contributed by atoms with Crippen LogP contribution in [0.15, 0.2) is 18.2 Å². The first-order valence-corrected chi connectivity index (χ1v) is 8.61. The number of hydrogen-bond donors (Lipinski definition) is 2. The number of nitrogens with one attached hydrogen (secondary N) is 1. The lowest BCUT2D eigenvalue weighted by Crippen LogP contribution is -2.52. The van der Waals surface area contributed by atoms with Gasteiger partial charge < -0.3 is 15.3 Å². The third-order valence-electron chi connectivity index (χ3n) is 4.52. The Kier molecular flexibility index (Phi) is 6.50. The van der Waals surface area contributed by atoms with Crippen molar-refractivity contribution in [3.8, 4) is 5.75 Å². The topological polar surface area (TPSA) is 38.7 Å². The number of benzene rings is 1. The van der Waals surface area contributed by atoms with Gasteiger partial charge >= 0.3 is 0 Å². The van der Waals surface area contributed by atoms with Crippen LogP contribution in [0.1, 0.15) is 32.4 Å². The first-order valence-electron chi connectivity index (χ1n) is 8.23. The maximum absolute atomic E-state index is 9.69. The van der Waals surface area contributed by atoms with Gasteiger partial charge in [-0.3, -0.25) is 4.90 Å². The van der Waals surface area contributed by atoms with Crippen LogP contribution in [0.5, 0.6) is 5.75 Å². The molecule has 2 unspecified atom stereocenters. The number of likely N-dealkylation sites (N-methyl/N-ethyl adjacent to an activating group) is 1. The molecule has 1 heterocycles. The van der Waals surface area contributed by atoms with E-state index in [-0.39, 0.29) is 5.75 Å². The third-order valence-corrected chi connectivity index (χ3v) is 4.83. The Bertz CT molecular complexity index is 479. The number of nitrogens with zero attached hydrogens (tertiary/aromatic N) is 2. The number of hydrogen-bond acceptors (Lipinski definition) is 4. The van der Waals surface area contributed by atoms with Gasteiger partial charge in [0.2, 0.25) is 0 Å². The molecule has 4 nitrogen and oxygen atoms in total. The molecule has 0 saturated carbocycles. The molecular formula is C17H28ClN3O. The van der Waals surface area contributed by atoms with Crippen molar-refractivity contribution < 1.29 is 5.11 Å². The molecule has 1 fully saturated rings. The Labute approximate surface area is 139 Å². The van der Waals surface area contributed by atoms with Crippen LogP contribution in [0.3, 0.4) is 0 Å². The summed E-state index contributed by atoms with van der Waals surface area (Å²) in [6, 6.07) is 6.43. The molecular weight excluding hydrogens is 298 g/mol. The van der Waals surface area contributed by atoms with Crippen LogP contribution in [0.4, 0.5) is 0 Å². The summed E-state index contributed by atoms with van der Waals surface area (Å²) >= 11 is 6.14. The second-order valence-electron chi connectivity index (χ2n) is 6.06. The van der Waals surface area contributed by atoms with Gasteiger partial charge in [-0.2, -0.15) is 0 Å². The van der Waals surface area contributed by atoms with E-state index >= 15 is 0 Å². The van der Waals surface area contributed by atoms with E-state index in [9.17, 15) is 5.11 Å². The molecule has 2 atom stereocenters. The highest BCUT2D eigenvalue weighted by atomic mass is 35.5. The van der Waals surface area contributed by atoms with E-state index in [4.69, 9.17) is 11.6 Å². The molecule has 2 N–H and O–H groups in total. The maximum atomic E-state index is 9.69. The van der Waals surface area contributed by atoms with Crippen molar-refractivity contribution in [3.63, 3.8) is 0 Å². The summed E-state index contributed by atoms with van der Waals surface area (Å²) in [5.41, 5.74) is 1.18. The van der Waals surface area contributed by atoms with Gasteiger partial charge in [-0.1, -0.05) is 31.5 Å². The van der Waals surface area contributed by atoms with Crippen molar-refractivity contribution in [2.45, 2.75) is 32.9 Å². The molecule has 0 bridgehead atoms. The lowest BCUT2D eigenvalue weighted by molar-refractivity contribution is 0.113. The Morgan fingerprint density at radius 3 is 2.73 bits per heavy atom. The largest absolute Gasteiger partial charge is 0.506 e. The van der Waals surface area contributed by atoms with Crippen LogP contribution in [-0.2, 0) is 0 Å². The molecule has 1 aromatic carbocycles. The van der Waals surface area contributed by atoms with E-state index in [0.29, 0.717) is 17.1 Å². The summed E-state index contributed by atoms with van der Waals surface area (Å²) in [5, 5.41) is 13.6. The van der Waals surface area contributed by atoms with Crippen molar-refractivity contribution >= 4 is 11.6 Å². The highest BCUT2D eigenvalue weighted by molar-refractivity contribution is 6.32. The predicted molar refractivity (Wildman–Crippen MR) is 92.7 cm³/mol. The SMILES string of the molecule is CCN(CC)CC(c1ccc(O)c(Cl)c1)N1CCNC(C)C1. The molecule has 2 rings (SSSR count). The Morgan fingerprint density at radius 2 is 2.14 bits per heavy atom. The first-order chi connectivity index (χ1) is 10.5. The second-order valence-corrected chi connectivity index (χ2v) is 6.47. The lowest BCUT2D eigenvalue weighted by atomic mass is 10.0. The standard InChI is InChI=1S/C17H28ClN3O/c1-4-20(5-2)12-16(21-9-8-19-13(3)11-21)14-6-7-17(22)15(18)10-14/h6-7,10,13,16,19,22H,4-5,8-9,11-12H2,1-3H3. The number of aromatic hydroxyl groups is 1. The minimum atomic E-state index is 0.153. The molecule has 0 aliphatic carbocycles. The van der Waals surface area contributed by atoms with E-state index < -0.39 is 0 Å². The minimum absolute atomic E-state index is 0.153. The maximum Gasteiger partial charge on any atom is 0.134 e. The van der Waals surface area contributed by atoms with Gasteiger partial charge in [0.05, 0.1) is 5.02 Å². The van der Waals surface area contributed by atoms with E-state index in [1.54, 1.807) is 6.07 Å². The molecule has 1 aliphatic heterocycles. The van der Waals surface area contributed by atoms with Gasteiger partial charge in [0.15, 0.2) is 0 Å². The van der Waals surface area contributed by atoms with Crippen molar-refractivity contribution in [2.75, 3.05) is 39.3 Å². The van der Waals surface area contributed by atoms with Crippen LogP contribution in [0, 0.1) is 0 Å². The second kappa shape index (κ2) is 8.16. The monoisotopic (exact) mass is 325 g/mol. The lowest BCUT2D eigenvalue weighted by Gasteiger charge is -2.40. The normalized spacial score (nSPS) is 21.2. The fourth-order valence-corrected chi connectivity index (χ4v) is 3.32. The fraction of sp³-hybridized carbons (Fsp3) is 0.647. The molecule has 22 heavy (non-hydrogen) atoms. The van der Waals surface area contributed by atoms with Crippen molar-refractivity contribution in [1.29, 1.82) is 0 Å². The zero-order chi connectivity index (χ0) is 16.1. The summed E-state index contributed by atoms with van der Waals surface area (Å²) in [6.07, 6.45) is 0. The predicted octanol–water partition coefficient (Wildman–Crippen LogP) is 2.72. The zero-order valence-electron chi connectivity index (χ0n) is 13.8. The van der Waals surface area contributed by atoms with Gasteiger partial charge in [-0.15, -0.1) is 0 Å². The summed E-state index contributed by atoms with van der Waals surface area (Å²) in [4.78, 5) is 4.97. The zero-order valence-corrected chi connectivity index (χ0v) is 14.6. The summed E-state index contributed by atoms with van der Waals surface area (Å²) in [6.45, 7) is 12.8. The Hall–Kier alpha value is -0.810. The molecule has 124 valence electrons. The summed E-state index contributed by atoms with van der Waals surface area (Å²) in [7, 11) is 0. The van der Waals surface area contributed by atoms with Gasteiger partial charge in [-0.25, -0.2) is 0 Å². The number of halogens is 1. The Morgan fingerprint density at radius 1 is 1.41 bits per heavy atom. The fourth-order valence-electron chi connectivity index (χ4n) is 3.13. The number of phenolic OH excluding ortho intramolecular Hbond substituents is 1. The molecule has 1 saturated heterocycles. The van der Waals surface area contributed by atoms with Crippen LogP contribution in [0.25, 0.3) is 0 Å². The highest BCUT2D eigenvalue weighted by Crippen LogP contribution is 2.30. The van der Waals surface area contributed by atoms with Gasteiger partial charge in [-0.05, 0) is 37.7 Å². The molecule has 1 aliphatic rings. The number of rotatable bonds is 6.